The summed E-state index contributed by atoms with van der Waals surface area (Å²) in [6.07, 6.45) is 5.48. The van der Waals surface area contributed by atoms with Crippen molar-refractivity contribution in [2.45, 2.75) is 6.92 Å². The SMILES string of the molecule is C=CCOc1ccc(C)nc1C=Cc1cc(Cl)cc(Cl)c1. The number of nitrogens with zero attached hydrogens (tertiary/aromatic N) is 1. The highest BCUT2D eigenvalue weighted by Gasteiger charge is 2.03. The number of pyridine rings is 1. The standard InChI is InChI=1S/C17H15Cl2NO/c1-3-8-21-17-7-4-12(2)20-16(17)6-5-13-9-14(18)11-15(19)10-13/h3-7,9-11H,1,8H2,2H3. The average Bonchev–Trinajstić information content (AvgIpc) is 2.43. The first-order valence-corrected chi connectivity index (χ1v) is 7.19. The van der Waals surface area contributed by atoms with E-state index in [1.54, 1.807) is 12.1 Å². The highest BCUT2D eigenvalue weighted by Crippen LogP contribution is 2.23. The molecule has 2 rings (SSSR count). The van der Waals surface area contributed by atoms with E-state index in [0.29, 0.717) is 22.4 Å². The zero-order valence-electron chi connectivity index (χ0n) is 11.6. The van der Waals surface area contributed by atoms with Gasteiger partial charge < -0.3 is 4.74 Å². The van der Waals surface area contributed by atoms with Gasteiger partial charge in [0.15, 0.2) is 0 Å². The molecule has 0 bridgehead atoms. The van der Waals surface area contributed by atoms with E-state index in [-0.39, 0.29) is 0 Å². The van der Waals surface area contributed by atoms with Gasteiger partial charge in [-0.15, -0.1) is 0 Å². The van der Waals surface area contributed by atoms with Crippen LogP contribution in [-0.4, -0.2) is 11.6 Å². The predicted octanol–water partition coefficient (Wildman–Crippen LogP) is 5.43. The van der Waals surface area contributed by atoms with Crippen molar-refractivity contribution in [1.29, 1.82) is 0 Å². The van der Waals surface area contributed by atoms with Crippen LogP contribution in [0.3, 0.4) is 0 Å². The van der Waals surface area contributed by atoms with Crippen molar-refractivity contribution in [3.63, 3.8) is 0 Å². The molecule has 0 aliphatic rings. The molecule has 2 aromatic rings. The normalized spacial score (nSPS) is 10.8. The van der Waals surface area contributed by atoms with Gasteiger partial charge in [-0.2, -0.15) is 0 Å². The number of halogens is 2. The van der Waals surface area contributed by atoms with Gasteiger partial charge >= 0.3 is 0 Å². The highest BCUT2D eigenvalue weighted by atomic mass is 35.5. The molecule has 0 N–H and O–H groups in total. The summed E-state index contributed by atoms with van der Waals surface area (Å²) in [6.45, 7) is 6.02. The Morgan fingerprint density at radius 1 is 1.14 bits per heavy atom. The molecule has 21 heavy (non-hydrogen) atoms. The van der Waals surface area contributed by atoms with E-state index in [1.165, 1.54) is 0 Å². The van der Waals surface area contributed by atoms with Crippen molar-refractivity contribution in [2.75, 3.05) is 6.61 Å². The first-order chi connectivity index (χ1) is 10.1. The second kappa shape index (κ2) is 7.30. The minimum absolute atomic E-state index is 0.439. The number of hydrogen-bond acceptors (Lipinski definition) is 2. The highest BCUT2D eigenvalue weighted by molar-refractivity contribution is 6.34. The van der Waals surface area contributed by atoms with Gasteiger partial charge in [-0.25, -0.2) is 4.98 Å². The van der Waals surface area contributed by atoms with E-state index in [2.05, 4.69) is 11.6 Å². The topological polar surface area (TPSA) is 22.1 Å². The summed E-state index contributed by atoms with van der Waals surface area (Å²) in [6, 6.07) is 9.18. The molecule has 0 saturated carbocycles. The van der Waals surface area contributed by atoms with Gasteiger partial charge in [-0.05, 0) is 48.9 Å². The number of aryl methyl sites for hydroxylation is 1. The molecule has 0 fully saturated rings. The van der Waals surface area contributed by atoms with E-state index in [4.69, 9.17) is 27.9 Å². The molecule has 0 spiro atoms. The molecule has 0 atom stereocenters. The number of rotatable bonds is 5. The lowest BCUT2D eigenvalue weighted by Gasteiger charge is -2.07. The molecule has 0 unspecified atom stereocenters. The molecule has 0 radical (unpaired) electrons. The monoisotopic (exact) mass is 319 g/mol. The van der Waals surface area contributed by atoms with Crippen LogP contribution in [0.15, 0.2) is 43.0 Å². The summed E-state index contributed by atoms with van der Waals surface area (Å²) in [7, 11) is 0. The van der Waals surface area contributed by atoms with E-state index in [0.717, 1.165) is 17.0 Å². The molecule has 2 nitrogen and oxygen atoms in total. The van der Waals surface area contributed by atoms with Crippen LogP contribution >= 0.6 is 23.2 Å². The van der Waals surface area contributed by atoms with Crippen molar-refractivity contribution in [1.82, 2.24) is 4.98 Å². The smallest absolute Gasteiger partial charge is 0.145 e. The number of hydrogen-bond donors (Lipinski definition) is 0. The van der Waals surface area contributed by atoms with Crippen LogP contribution in [-0.2, 0) is 0 Å². The molecule has 0 saturated heterocycles. The zero-order valence-corrected chi connectivity index (χ0v) is 13.2. The lowest BCUT2D eigenvalue weighted by atomic mass is 10.2. The molecule has 4 heteroatoms. The molecular formula is C17H15Cl2NO. The minimum atomic E-state index is 0.439. The van der Waals surface area contributed by atoms with Crippen LogP contribution in [0.5, 0.6) is 5.75 Å². The molecule has 0 aliphatic carbocycles. The van der Waals surface area contributed by atoms with Gasteiger partial charge in [0.05, 0.1) is 0 Å². The summed E-state index contributed by atoms with van der Waals surface area (Å²) in [5.41, 5.74) is 2.59. The fraction of sp³-hybridized carbons (Fsp3) is 0.118. The Bertz CT molecular complexity index is 660. The molecule has 1 aromatic heterocycles. The van der Waals surface area contributed by atoms with E-state index >= 15 is 0 Å². The summed E-state index contributed by atoms with van der Waals surface area (Å²) in [5, 5.41) is 1.20. The first-order valence-electron chi connectivity index (χ1n) is 6.44. The Morgan fingerprint density at radius 2 is 1.86 bits per heavy atom. The fourth-order valence-electron chi connectivity index (χ4n) is 1.80. The lowest BCUT2D eigenvalue weighted by Crippen LogP contribution is -1.97. The molecule has 0 aliphatic heterocycles. The van der Waals surface area contributed by atoms with E-state index < -0.39 is 0 Å². The van der Waals surface area contributed by atoms with Crippen molar-refractivity contribution in [3.05, 3.63) is 70.0 Å². The maximum atomic E-state index is 5.99. The lowest BCUT2D eigenvalue weighted by molar-refractivity contribution is 0.360. The van der Waals surface area contributed by atoms with Gasteiger partial charge in [0.2, 0.25) is 0 Å². The van der Waals surface area contributed by atoms with Crippen LogP contribution < -0.4 is 4.74 Å². The Hall–Kier alpha value is -1.77. The van der Waals surface area contributed by atoms with Gasteiger partial charge in [-0.3, -0.25) is 0 Å². The molecule has 1 aromatic carbocycles. The summed E-state index contributed by atoms with van der Waals surface area (Å²) in [4.78, 5) is 4.47. The van der Waals surface area contributed by atoms with Crippen LogP contribution in [0, 0.1) is 6.92 Å². The zero-order chi connectivity index (χ0) is 15.2. The maximum Gasteiger partial charge on any atom is 0.145 e. The largest absolute Gasteiger partial charge is 0.487 e. The number of ether oxygens (including phenoxy) is 1. The Morgan fingerprint density at radius 3 is 2.52 bits per heavy atom. The predicted molar refractivity (Wildman–Crippen MR) is 90.1 cm³/mol. The molecule has 1 heterocycles. The second-order valence-corrected chi connectivity index (χ2v) is 5.34. The van der Waals surface area contributed by atoms with Crippen LogP contribution in [0.1, 0.15) is 17.0 Å². The van der Waals surface area contributed by atoms with Crippen LogP contribution in [0.2, 0.25) is 10.0 Å². The maximum absolute atomic E-state index is 5.99. The van der Waals surface area contributed by atoms with Gasteiger partial charge in [0, 0.05) is 15.7 Å². The summed E-state index contributed by atoms with van der Waals surface area (Å²) in [5.74, 6) is 0.713. The van der Waals surface area contributed by atoms with Crippen LogP contribution in [0.25, 0.3) is 12.2 Å². The molecule has 108 valence electrons. The molecular weight excluding hydrogens is 305 g/mol. The third-order valence-electron chi connectivity index (χ3n) is 2.70. The third kappa shape index (κ3) is 4.62. The summed E-state index contributed by atoms with van der Waals surface area (Å²) < 4.78 is 5.59. The quantitative estimate of drug-likeness (QED) is 0.685. The Balaban J connectivity index is 2.30. The van der Waals surface area contributed by atoms with Gasteiger partial charge in [0.1, 0.15) is 18.1 Å². The third-order valence-corrected chi connectivity index (χ3v) is 3.14. The van der Waals surface area contributed by atoms with Crippen molar-refractivity contribution in [3.8, 4) is 5.75 Å². The van der Waals surface area contributed by atoms with Gasteiger partial charge in [0.25, 0.3) is 0 Å². The summed E-state index contributed by atoms with van der Waals surface area (Å²) >= 11 is 12.0. The van der Waals surface area contributed by atoms with Crippen LogP contribution in [0.4, 0.5) is 0 Å². The van der Waals surface area contributed by atoms with E-state index in [1.807, 2.05) is 43.3 Å². The molecule has 0 amide bonds. The fourth-order valence-corrected chi connectivity index (χ4v) is 2.34. The van der Waals surface area contributed by atoms with Crippen molar-refractivity contribution in [2.24, 2.45) is 0 Å². The number of aromatic nitrogens is 1. The minimum Gasteiger partial charge on any atom is -0.487 e. The average molecular weight is 320 g/mol. The van der Waals surface area contributed by atoms with Gasteiger partial charge in [-0.1, -0.05) is 41.9 Å². The second-order valence-electron chi connectivity index (χ2n) is 4.47. The Kier molecular flexibility index (Phi) is 5.43. The van der Waals surface area contributed by atoms with E-state index in [9.17, 15) is 0 Å². The Labute approximate surface area is 134 Å². The first kappa shape index (κ1) is 15.6. The van der Waals surface area contributed by atoms with Crippen molar-refractivity contribution < 1.29 is 4.74 Å². The number of benzene rings is 1. The van der Waals surface area contributed by atoms with Crippen molar-refractivity contribution >= 4 is 35.4 Å².